The molecule has 3 rings (SSSR count). The minimum Gasteiger partial charge on any atom is -0.493 e. The molecule has 0 aliphatic rings. The predicted octanol–water partition coefficient (Wildman–Crippen LogP) is 4.46. The minimum absolute atomic E-state index is 0.629. The van der Waals surface area contributed by atoms with Crippen molar-refractivity contribution < 1.29 is 4.74 Å². The first-order valence-corrected chi connectivity index (χ1v) is 8.02. The van der Waals surface area contributed by atoms with Crippen molar-refractivity contribution in [1.82, 2.24) is 9.97 Å². The van der Waals surface area contributed by atoms with Crippen molar-refractivity contribution in [3.8, 4) is 5.75 Å². The maximum atomic E-state index is 5.66. The van der Waals surface area contributed by atoms with Gasteiger partial charge in [0.2, 0.25) is 0 Å². The molecule has 0 spiro atoms. The van der Waals surface area contributed by atoms with Crippen LogP contribution in [0.5, 0.6) is 5.75 Å². The van der Waals surface area contributed by atoms with Crippen LogP contribution in [0.25, 0.3) is 10.9 Å². The zero-order valence-corrected chi connectivity index (χ0v) is 12.9. The molecule has 1 heterocycles. The second kappa shape index (κ2) is 6.74. The van der Waals surface area contributed by atoms with Gasteiger partial charge in [0.15, 0.2) is 5.16 Å². The van der Waals surface area contributed by atoms with Gasteiger partial charge in [-0.1, -0.05) is 54.3 Å². The number of H-pyrrole nitrogens is 1. The lowest BCUT2D eigenvalue weighted by atomic mass is 10.2. The molecule has 0 aliphatic carbocycles. The van der Waals surface area contributed by atoms with Gasteiger partial charge in [-0.15, -0.1) is 0 Å². The lowest BCUT2D eigenvalue weighted by molar-refractivity contribution is 0.344. The summed E-state index contributed by atoms with van der Waals surface area (Å²) in [6.45, 7) is 0.629. The number of rotatable bonds is 5. The van der Waals surface area contributed by atoms with Crippen LogP contribution in [-0.4, -0.2) is 22.3 Å². The monoisotopic (exact) mass is 314 g/mol. The zero-order chi connectivity index (χ0) is 14.5. The van der Waals surface area contributed by atoms with E-state index in [1.165, 1.54) is 0 Å². The summed E-state index contributed by atoms with van der Waals surface area (Å²) in [6, 6.07) is 17.7. The number of thioether (sulfide) groups is 1. The molecule has 1 N–H and O–H groups in total. The van der Waals surface area contributed by atoms with Gasteiger partial charge in [0.05, 0.1) is 12.1 Å². The number of benzene rings is 2. The number of aromatic amines is 1. The molecule has 0 saturated carbocycles. The summed E-state index contributed by atoms with van der Waals surface area (Å²) in [4.78, 5) is 7.71. The summed E-state index contributed by atoms with van der Waals surface area (Å²) in [5, 5.41) is 1.81. The number of hydrogen-bond donors (Lipinski definition) is 1. The Kier molecular flexibility index (Phi) is 4.52. The van der Waals surface area contributed by atoms with E-state index in [0.29, 0.717) is 11.2 Å². The molecule has 0 saturated heterocycles. The second-order valence-corrected chi connectivity index (χ2v) is 5.87. The van der Waals surface area contributed by atoms with Crippen molar-refractivity contribution in [3.63, 3.8) is 0 Å². The van der Waals surface area contributed by atoms with Crippen LogP contribution < -0.4 is 4.74 Å². The van der Waals surface area contributed by atoms with Crippen molar-refractivity contribution in [2.45, 2.75) is 5.16 Å². The van der Waals surface area contributed by atoms with Crippen LogP contribution in [0.2, 0.25) is 0 Å². The van der Waals surface area contributed by atoms with E-state index in [2.05, 4.69) is 9.97 Å². The third-order valence-corrected chi connectivity index (χ3v) is 4.08. The Bertz CT molecular complexity index is 787. The number of hydrogen-bond acceptors (Lipinski definition) is 4. The third kappa shape index (κ3) is 3.62. The van der Waals surface area contributed by atoms with Crippen LogP contribution in [0, 0.1) is 4.64 Å². The van der Waals surface area contributed by atoms with Crippen molar-refractivity contribution in [3.05, 3.63) is 59.2 Å². The summed E-state index contributed by atoms with van der Waals surface area (Å²) < 4.78 is 6.29. The molecule has 5 heteroatoms. The first kappa shape index (κ1) is 14.1. The molecular weight excluding hydrogens is 300 g/mol. The number of nitrogens with one attached hydrogen (secondary N) is 1. The van der Waals surface area contributed by atoms with E-state index in [-0.39, 0.29) is 0 Å². The fourth-order valence-corrected chi connectivity index (χ4v) is 2.98. The van der Waals surface area contributed by atoms with Gasteiger partial charge in [0, 0.05) is 11.1 Å². The fraction of sp³-hybridized carbons (Fsp3) is 0.125. The van der Waals surface area contributed by atoms with E-state index < -0.39 is 0 Å². The lowest BCUT2D eigenvalue weighted by Gasteiger charge is -2.06. The van der Waals surface area contributed by atoms with E-state index in [9.17, 15) is 0 Å². The predicted molar refractivity (Wildman–Crippen MR) is 89.6 cm³/mol. The third-order valence-electron chi connectivity index (χ3n) is 2.94. The Morgan fingerprint density at radius 2 is 1.81 bits per heavy atom. The number of fused-ring (bicyclic) bond motifs is 1. The minimum atomic E-state index is 0.629. The molecule has 3 aromatic rings. The summed E-state index contributed by atoms with van der Waals surface area (Å²) in [5.41, 5.74) is 1.02. The molecule has 0 fully saturated rings. The summed E-state index contributed by atoms with van der Waals surface area (Å²) in [6.07, 6.45) is 0. The van der Waals surface area contributed by atoms with Crippen LogP contribution in [0.3, 0.4) is 0 Å². The van der Waals surface area contributed by atoms with Crippen LogP contribution >= 0.6 is 24.0 Å². The maximum Gasteiger partial charge on any atom is 0.167 e. The van der Waals surface area contributed by atoms with Crippen molar-refractivity contribution in [2.24, 2.45) is 0 Å². The zero-order valence-electron chi connectivity index (χ0n) is 11.3. The topological polar surface area (TPSA) is 37.9 Å². The Hall–Kier alpha value is -1.85. The van der Waals surface area contributed by atoms with E-state index in [1.54, 1.807) is 11.8 Å². The molecule has 0 bridgehead atoms. The largest absolute Gasteiger partial charge is 0.493 e. The molecule has 21 heavy (non-hydrogen) atoms. The highest BCUT2D eigenvalue weighted by atomic mass is 32.2. The average molecular weight is 314 g/mol. The lowest BCUT2D eigenvalue weighted by Crippen LogP contribution is -2.01. The molecule has 106 valence electrons. The van der Waals surface area contributed by atoms with Gasteiger partial charge in [0.1, 0.15) is 10.4 Å². The Morgan fingerprint density at radius 1 is 1.05 bits per heavy atom. The number of aromatic nitrogens is 2. The van der Waals surface area contributed by atoms with Crippen molar-refractivity contribution in [1.29, 1.82) is 0 Å². The number of ether oxygens (including phenoxy) is 1. The number of para-hydroxylation sites is 2. The van der Waals surface area contributed by atoms with Crippen LogP contribution in [0.1, 0.15) is 0 Å². The van der Waals surface area contributed by atoms with E-state index >= 15 is 0 Å². The first-order valence-electron chi connectivity index (χ1n) is 6.62. The Balaban J connectivity index is 1.62. The molecule has 0 radical (unpaired) electrons. The molecular formula is C16H14N2OS2. The summed E-state index contributed by atoms with van der Waals surface area (Å²) >= 11 is 6.93. The quantitative estimate of drug-likeness (QED) is 0.326. The first-order chi connectivity index (χ1) is 10.3. The van der Waals surface area contributed by atoms with E-state index in [4.69, 9.17) is 17.0 Å². The maximum absolute atomic E-state index is 5.66. The van der Waals surface area contributed by atoms with Gasteiger partial charge < -0.3 is 9.72 Å². The van der Waals surface area contributed by atoms with E-state index in [1.807, 2.05) is 54.6 Å². The number of nitrogens with zero attached hydrogens (tertiary/aromatic N) is 1. The average Bonchev–Trinajstić information content (AvgIpc) is 2.53. The SMILES string of the molecule is S=c1nc(SCCOc2ccccc2)[nH]c2ccccc12. The van der Waals surface area contributed by atoms with Gasteiger partial charge in [-0.3, -0.25) is 0 Å². The van der Waals surface area contributed by atoms with Crippen LogP contribution in [-0.2, 0) is 0 Å². The highest BCUT2D eigenvalue weighted by Crippen LogP contribution is 2.18. The molecule has 0 unspecified atom stereocenters. The van der Waals surface area contributed by atoms with Crippen LogP contribution in [0.4, 0.5) is 0 Å². The Morgan fingerprint density at radius 3 is 2.67 bits per heavy atom. The molecule has 3 nitrogen and oxygen atoms in total. The summed E-state index contributed by atoms with van der Waals surface area (Å²) in [7, 11) is 0. The van der Waals surface area contributed by atoms with Gasteiger partial charge in [-0.2, -0.15) is 0 Å². The smallest absolute Gasteiger partial charge is 0.167 e. The van der Waals surface area contributed by atoms with Gasteiger partial charge >= 0.3 is 0 Å². The van der Waals surface area contributed by atoms with Crippen molar-refractivity contribution in [2.75, 3.05) is 12.4 Å². The fourth-order valence-electron chi connectivity index (χ4n) is 1.96. The van der Waals surface area contributed by atoms with Gasteiger partial charge in [0.25, 0.3) is 0 Å². The molecule has 0 amide bonds. The molecule has 2 aromatic carbocycles. The van der Waals surface area contributed by atoms with Gasteiger partial charge in [-0.25, -0.2) is 4.98 Å². The summed E-state index contributed by atoms with van der Waals surface area (Å²) in [5.74, 6) is 1.70. The molecule has 0 atom stereocenters. The normalized spacial score (nSPS) is 10.7. The standard InChI is InChI=1S/C16H14N2OS2/c20-15-13-8-4-5-9-14(13)17-16(18-15)21-11-10-19-12-6-2-1-3-7-12/h1-9H,10-11H2,(H,17,18,20). The molecule has 0 aliphatic heterocycles. The van der Waals surface area contributed by atoms with E-state index in [0.717, 1.165) is 27.6 Å². The molecule has 1 aromatic heterocycles. The second-order valence-electron chi connectivity index (χ2n) is 4.40. The Labute approximate surface area is 132 Å². The highest BCUT2D eigenvalue weighted by molar-refractivity contribution is 7.99. The van der Waals surface area contributed by atoms with Crippen LogP contribution in [0.15, 0.2) is 59.8 Å². The van der Waals surface area contributed by atoms with Gasteiger partial charge in [-0.05, 0) is 24.3 Å². The van der Waals surface area contributed by atoms with Crippen molar-refractivity contribution >= 4 is 34.9 Å². The highest BCUT2D eigenvalue weighted by Gasteiger charge is 2.01.